The average Bonchev–Trinajstić information content (AvgIpc) is 2.95. The van der Waals surface area contributed by atoms with Gasteiger partial charge in [0.15, 0.2) is 0 Å². The van der Waals surface area contributed by atoms with E-state index in [9.17, 15) is 4.79 Å². The van der Waals surface area contributed by atoms with Crippen molar-refractivity contribution in [1.29, 1.82) is 0 Å². The summed E-state index contributed by atoms with van der Waals surface area (Å²) in [5.41, 5.74) is 6.02. The van der Waals surface area contributed by atoms with E-state index in [1.807, 2.05) is 6.20 Å². The minimum absolute atomic E-state index is 0.0517. The second kappa shape index (κ2) is 7.71. The van der Waals surface area contributed by atoms with E-state index >= 15 is 0 Å². The maximum absolute atomic E-state index is 12.0. The molecular weight excluding hydrogens is 274 g/mol. The van der Waals surface area contributed by atoms with E-state index in [0.717, 1.165) is 30.7 Å². The van der Waals surface area contributed by atoms with Crippen LogP contribution < -0.4 is 11.1 Å². The molecule has 1 amide bonds. The Bertz CT molecular complexity index is 430. The van der Waals surface area contributed by atoms with Crippen molar-refractivity contribution in [3.8, 4) is 0 Å². The highest BCUT2D eigenvalue weighted by molar-refractivity contribution is 7.11. The van der Waals surface area contributed by atoms with E-state index in [-0.39, 0.29) is 11.8 Å². The lowest BCUT2D eigenvalue weighted by atomic mass is 9.92. The second-order valence-electron chi connectivity index (χ2n) is 5.09. The van der Waals surface area contributed by atoms with Crippen molar-refractivity contribution in [2.24, 2.45) is 11.7 Å². The zero-order valence-corrected chi connectivity index (χ0v) is 12.7. The molecule has 1 saturated heterocycles. The van der Waals surface area contributed by atoms with Gasteiger partial charge in [-0.1, -0.05) is 6.92 Å². The lowest BCUT2D eigenvalue weighted by Crippen LogP contribution is -2.47. The van der Waals surface area contributed by atoms with E-state index in [4.69, 9.17) is 10.5 Å². The molecule has 0 aromatic carbocycles. The Balaban J connectivity index is 1.71. The Morgan fingerprint density at radius 3 is 3.00 bits per heavy atom. The molecule has 1 atom stereocenters. The Hall–Kier alpha value is -0.980. The molecular formula is C14H23N3O2S. The molecule has 2 heterocycles. The summed E-state index contributed by atoms with van der Waals surface area (Å²) in [5, 5.41) is 3.99. The quantitative estimate of drug-likeness (QED) is 0.825. The first-order valence-corrected chi connectivity index (χ1v) is 8.07. The lowest BCUT2D eigenvalue weighted by molar-refractivity contribution is -0.124. The summed E-state index contributed by atoms with van der Waals surface area (Å²) in [6, 6.07) is -0.415. The van der Waals surface area contributed by atoms with Crippen LogP contribution in [-0.2, 0) is 22.4 Å². The van der Waals surface area contributed by atoms with Crippen LogP contribution in [0, 0.1) is 5.92 Å². The first-order valence-electron chi connectivity index (χ1n) is 7.25. The number of ether oxygens (including phenoxy) is 1. The van der Waals surface area contributed by atoms with Crippen molar-refractivity contribution in [3.63, 3.8) is 0 Å². The van der Waals surface area contributed by atoms with Crippen LogP contribution in [0.2, 0.25) is 0 Å². The molecule has 5 nitrogen and oxygen atoms in total. The number of thiazole rings is 1. The van der Waals surface area contributed by atoms with Gasteiger partial charge in [0.1, 0.15) is 0 Å². The molecule has 6 heteroatoms. The normalized spacial score (nSPS) is 17.9. The SMILES string of the molecule is CCc1cnc(CCNC(=O)C(N)C2CCOCC2)s1. The Morgan fingerprint density at radius 1 is 1.60 bits per heavy atom. The van der Waals surface area contributed by atoms with Crippen molar-refractivity contribution in [1.82, 2.24) is 10.3 Å². The van der Waals surface area contributed by atoms with E-state index in [2.05, 4.69) is 17.2 Å². The van der Waals surface area contributed by atoms with Crippen LogP contribution in [0.15, 0.2) is 6.20 Å². The van der Waals surface area contributed by atoms with Crippen LogP contribution in [0.1, 0.15) is 29.7 Å². The summed E-state index contributed by atoms with van der Waals surface area (Å²) in [5.74, 6) is 0.194. The Morgan fingerprint density at radius 2 is 2.35 bits per heavy atom. The summed E-state index contributed by atoms with van der Waals surface area (Å²) in [4.78, 5) is 17.6. The van der Waals surface area contributed by atoms with Gasteiger partial charge in [-0.15, -0.1) is 11.3 Å². The highest BCUT2D eigenvalue weighted by atomic mass is 32.1. The van der Waals surface area contributed by atoms with Crippen LogP contribution in [-0.4, -0.2) is 36.7 Å². The zero-order chi connectivity index (χ0) is 14.4. The number of hydrogen-bond donors (Lipinski definition) is 2. The number of carbonyl (C=O) groups excluding carboxylic acids is 1. The maximum atomic E-state index is 12.0. The maximum Gasteiger partial charge on any atom is 0.237 e. The summed E-state index contributed by atoms with van der Waals surface area (Å²) in [6.45, 7) is 4.15. The van der Waals surface area contributed by atoms with Gasteiger partial charge in [-0.25, -0.2) is 4.98 Å². The van der Waals surface area contributed by atoms with E-state index in [1.54, 1.807) is 11.3 Å². The standard InChI is InChI=1S/C14H23N3O2S/c1-2-11-9-17-12(20-11)3-6-16-14(18)13(15)10-4-7-19-8-5-10/h9-10,13H,2-8,15H2,1H3,(H,16,18). The number of carbonyl (C=O) groups is 1. The van der Waals surface area contributed by atoms with Gasteiger partial charge in [0.05, 0.1) is 11.0 Å². The number of aromatic nitrogens is 1. The smallest absolute Gasteiger partial charge is 0.237 e. The summed E-state index contributed by atoms with van der Waals surface area (Å²) < 4.78 is 5.29. The van der Waals surface area contributed by atoms with Gasteiger partial charge in [-0.3, -0.25) is 4.79 Å². The molecule has 0 aliphatic carbocycles. The number of nitrogens with two attached hydrogens (primary N) is 1. The highest BCUT2D eigenvalue weighted by Gasteiger charge is 2.26. The lowest BCUT2D eigenvalue weighted by Gasteiger charge is -2.26. The second-order valence-corrected chi connectivity index (χ2v) is 6.29. The van der Waals surface area contributed by atoms with E-state index in [1.165, 1.54) is 4.88 Å². The molecule has 20 heavy (non-hydrogen) atoms. The van der Waals surface area contributed by atoms with E-state index in [0.29, 0.717) is 19.8 Å². The van der Waals surface area contributed by atoms with Gasteiger partial charge in [0.2, 0.25) is 5.91 Å². The predicted molar refractivity (Wildman–Crippen MR) is 79.7 cm³/mol. The Kier molecular flexibility index (Phi) is 5.94. The van der Waals surface area contributed by atoms with Crippen LogP contribution in [0.25, 0.3) is 0 Å². The van der Waals surface area contributed by atoms with Crippen molar-refractivity contribution in [2.45, 2.75) is 38.6 Å². The average molecular weight is 297 g/mol. The molecule has 1 fully saturated rings. The molecule has 1 aliphatic heterocycles. The fraction of sp³-hybridized carbons (Fsp3) is 0.714. The topological polar surface area (TPSA) is 77.2 Å². The van der Waals surface area contributed by atoms with Crippen molar-refractivity contribution >= 4 is 17.2 Å². The molecule has 2 rings (SSSR count). The molecule has 1 aromatic rings. The van der Waals surface area contributed by atoms with E-state index < -0.39 is 6.04 Å². The third-order valence-corrected chi connectivity index (χ3v) is 4.87. The molecule has 0 saturated carbocycles. The predicted octanol–water partition coefficient (Wildman–Crippen LogP) is 1.12. The number of nitrogens with one attached hydrogen (secondary N) is 1. The molecule has 112 valence electrons. The molecule has 1 unspecified atom stereocenters. The first-order chi connectivity index (χ1) is 9.70. The van der Waals surface area contributed by atoms with Crippen LogP contribution in [0.4, 0.5) is 0 Å². The molecule has 3 N–H and O–H groups in total. The van der Waals surface area contributed by atoms with Crippen LogP contribution in [0.3, 0.4) is 0 Å². The molecule has 1 aliphatic rings. The van der Waals surface area contributed by atoms with Gasteiger partial charge in [-0.05, 0) is 25.2 Å². The molecule has 0 bridgehead atoms. The third kappa shape index (κ3) is 4.26. The number of rotatable bonds is 6. The molecule has 1 aromatic heterocycles. The van der Waals surface area contributed by atoms with Crippen molar-refractivity contribution in [2.75, 3.05) is 19.8 Å². The largest absolute Gasteiger partial charge is 0.381 e. The first kappa shape index (κ1) is 15.4. The number of hydrogen-bond acceptors (Lipinski definition) is 5. The number of nitrogens with zero attached hydrogens (tertiary/aromatic N) is 1. The fourth-order valence-electron chi connectivity index (χ4n) is 2.33. The van der Waals surface area contributed by atoms with Gasteiger partial charge in [0, 0.05) is 37.3 Å². The summed E-state index contributed by atoms with van der Waals surface area (Å²) >= 11 is 1.71. The zero-order valence-electron chi connectivity index (χ0n) is 11.9. The van der Waals surface area contributed by atoms with Crippen molar-refractivity contribution < 1.29 is 9.53 Å². The minimum atomic E-state index is -0.415. The minimum Gasteiger partial charge on any atom is -0.381 e. The van der Waals surface area contributed by atoms with Crippen LogP contribution >= 0.6 is 11.3 Å². The molecule has 0 spiro atoms. The number of aryl methyl sites for hydroxylation is 1. The highest BCUT2D eigenvalue weighted by Crippen LogP contribution is 2.17. The van der Waals surface area contributed by atoms with Gasteiger partial charge < -0.3 is 15.8 Å². The third-order valence-electron chi connectivity index (χ3n) is 3.66. The molecule has 0 radical (unpaired) electrons. The summed E-state index contributed by atoms with van der Waals surface area (Å²) in [7, 11) is 0. The Labute approximate surface area is 123 Å². The van der Waals surface area contributed by atoms with Gasteiger partial charge in [0.25, 0.3) is 0 Å². The monoisotopic (exact) mass is 297 g/mol. The summed E-state index contributed by atoms with van der Waals surface area (Å²) in [6.07, 6.45) is 5.45. The van der Waals surface area contributed by atoms with Gasteiger partial charge >= 0.3 is 0 Å². The number of amides is 1. The van der Waals surface area contributed by atoms with Crippen molar-refractivity contribution in [3.05, 3.63) is 16.1 Å². The van der Waals surface area contributed by atoms with Crippen LogP contribution in [0.5, 0.6) is 0 Å². The van der Waals surface area contributed by atoms with Gasteiger partial charge in [-0.2, -0.15) is 0 Å². The fourth-order valence-corrected chi connectivity index (χ4v) is 3.19.